The molecule has 37 heavy (non-hydrogen) atoms. The first-order valence-corrected chi connectivity index (χ1v) is 14.5. The molecule has 0 aliphatic carbocycles. The number of rotatable bonds is 8. The molecule has 4 aromatic rings. The molecule has 1 atom stereocenters. The number of carbonyl (C=O) groups is 1. The second-order valence-electron chi connectivity index (χ2n) is 8.93. The number of aromatic nitrogens is 3. The molecule has 0 spiro atoms. The van der Waals surface area contributed by atoms with Crippen LogP contribution in [-0.2, 0) is 16.0 Å². The van der Waals surface area contributed by atoms with E-state index in [0.717, 1.165) is 42.8 Å². The Morgan fingerprint density at radius 1 is 1.22 bits per heavy atom. The minimum Gasteiger partial charge on any atom is -0.376 e. The van der Waals surface area contributed by atoms with Gasteiger partial charge >= 0.3 is 0 Å². The number of thioether (sulfide) groups is 1. The number of carbonyl (C=O) groups excluding carboxylic acids is 1. The molecular formula is C27H28N4O3S3. The van der Waals surface area contributed by atoms with Gasteiger partial charge in [0.15, 0.2) is 14.8 Å². The predicted molar refractivity (Wildman–Crippen MR) is 152 cm³/mol. The standard InChI is InChI=1S/C27H28N4O3S3/c1-3-18-10-12-19(13-11-18)30-24-23(37-27(30)35)25(33)31(21-9-5-4-7-17(21)2)26(29-24)36-16-22(32)28-15-20-8-6-14-34-20/h4-5,7,9-13,20H,3,6,8,14-16H2,1-2H3,(H,28,32)/t20-/m0/s1. The van der Waals surface area contributed by atoms with Gasteiger partial charge in [0.2, 0.25) is 5.91 Å². The van der Waals surface area contributed by atoms with E-state index in [0.29, 0.717) is 26.0 Å². The number of benzene rings is 2. The highest BCUT2D eigenvalue weighted by atomic mass is 32.2. The minimum absolute atomic E-state index is 0.0721. The fourth-order valence-corrected chi connectivity index (χ4v) is 6.51. The molecule has 7 nitrogen and oxygen atoms in total. The first-order chi connectivity index (χ1) is 18.0. The van der Waals surface area contributed by atoms with Crippen LogP contribution in [-0.4, -0.2) is 45.0 Å². The lowest BCUT2D eigenvalue weighted by Gasteiger charge is -2.15. The van der Waals surface area contributed by atoms with Gasteiger partial charge in [-0.15, -0.1) is 0 Å². The highest BCUT2D eigenvalue weighted by Gasteiger charge is 2.21. The number of ether oxygens (including phenoxy) is 1. The average molecular weight is 553 g/mol. The van der Waals surface area contributed by atoms with Crippen LogP contribution in [0.25, 0.3) is 21.7 Å². The summed E-state index contributed by atoms with van der Waals surface area (Å²) in [5, 5.41) is 3.40. The Bertz CT molecular complexity index is 1550. The summed E-state index contributed by atoms with van der Waals surface area (Å²) < 4.78 is 10.1. The maximum Gasteiger partial charge on any atom is 0.278 e. The lowest BCUT2D eigenvalue weighted by Crippen LogP contribution is -2.33. The number of aryl methyl sites for hydroxylation is 2. The van der Waals surface area contributed by atoms with Crippen molar-refractivity contribution in [2.45, 2.75) is 44.4 Å². The van der Waals surface area contributed by atoms with Gasteiger partial charge in [-0.25, -0.2) is 4.98 Å². The predicted octanol–water partition coefficient (Wildman–Crippen LogP) is 5.23. The highest BCUT2D eigenvalue weighted by molar-refractivity contribution is 7.99. The van der Waals surface area contributed by atoms with E-state index >= 15 is 0 Å². The molecule has 0 unspecified atom stereocenters. The maximum absolute atomic E-state index is 13.9. The molecule has 1 N–H and O–H groups in total. The summed E-state index contributed by atoms with van der Waals surface area (Å²) in [5.41, 5.74) is 4.07. The normalized spacial score (nSPS) is 15.4. The van der Waals surface area contributed by atoms with E-state index in [1.165, 1.54) is 28.7 Å². The molecule has 1 amide bonds. The molecule has 2 aromatic heterocycles. The zero-order valence-electron chi connectivity index (χ0n) is 20.7. The van der Waals surface area contributed by atoms with Gasteiger partial charge in [0.05, 0.1) is 17.5 Å². The Labute approximate surface area is 228 Å². The number of hydrogen-bond donors (Lipinski definition) is 1. The minimum atomic E-state index is -0.193. The van der Waals surface area contributed by atoms with Crippen LogP contribution in [0, 0.1) is 10.9 Å². The quantitative estimate of drug-likeness (QED) is 0.183. The van der Waals surface area contributed by atoms with Crippen LogP contribution < -0.4 is 10.9 Å². The van der Waals surface area contributed by atoms with Crippen LogP contribution in [0.2, 0.25) is 0 Å². The van der Waals surface area contributed by atoms with Crippen LogP contribution in [0.5, 0.6) is 0 Å². The van der Waals surface area contributed by atoms with Crippen molar-refractivity contribution in [1.82, 2.24) is 19.4 Å². The summed E-state index contributed by atoms with van der Waals surface area (Å²) >= 11 is 8.19. The third-order valence-corrected chi connectivity index (χ3v) is 8.71. The third-order valence-electron chi connectivity index (χ3n) is 6.42. The second kappa shape index (κ2) is 11.3. The van der Waals surface area contributed by atoms with E-state index in [-0.39, 0.29) is 23.3 Å². The number of nitrogens with one attached hydrogen (secondary N) is 1. The van der Waals surface area contributed by atoms with Gasteiger partial charge in [0.1, 0.15) is 4.70 Å². The van der Waals surface area contributed by atoms with E-state index < -0.39 is 0 Å². The van der Waals surface area contributed by atoms with E-state index in [1.54, 1.807) is 4.57 Å². The monoisotopic (exact) mass is 552 g/mol. The van der Waals surface area contributed by atoms with Crippen molar-refractivity contribution >= 4 is 51.6 Å². The van der Waals surface area contributed by atoms with Crippen molar-refractivity contribution in [2.24, 2.45) is 0 Å². The molecule has 2 aromatic carbocycles. The number of amides is 1. The Morgan fingerprint density at radius 3 is 2.70 bits per heavy atom. The summed E-state index contributed by atoms with van der Waals surface area (Å²) in [4.78, 5) is 31.5. The van der Waals surface area contributed by atoms with Crippen molar-refractivity contribution in [1.29, 1.82) is 0 Å². The van der Waals surface area contributed by atoms with Gasteiger partial charge in [0.25, 0.3) is 5.56 Å². The fraction of sp³-hybridized carbons (Fsp3) is 0.333. The number of thiazole rings is 1. The number of fused-ring (bicyclic) bond motifs is 1. The van der Waals surface area contributed by atoms with Crippen LogP contribution in [0.15, 0.2) is 58.5 Å². The summed E-state index contributed by atoms with van der Waals surface area (Å²) in [6.07, 6.45) is 2.99. The van der Waals surface area contributed by atoms with Gasteiger partial charge in [0, 0.05) is 18.8 Å². The number of hydrogen-bond acceptors (Lipinski definition) is 7. The molecule has 0 saturated carbocycles. The largest absolute Gasteiger partial charge is 0.376 e. The van der Waals surface area contributed by atoms with E-state index in [9.17, 15) is 9.59 Å². The molecule has 1 aliphatic rings. The Kier molecular flexibility index (Phi) is 7.89. The average Bonchev–Trinajstić information content (AvgIpc) is 3.54. The topological polar surface area (TPSA) is 78.2 Å². The first-order valence-electron chi connectivity index (χ1n) is 12.3. The molecular weight excluding hydrogens is 525 g/mol. The second-order valence-corrected chi connectivity index (χ2v) is 11.5. The summed E-state index contributed by atoms with van der Waals surface area (Å²) in [6, 6.07) is 15.8. The SMILES string of the molecule is CCc1ccc(-n2c(=S)sc3c(=O)n(-c4ccccc4C)c(SCC(=O)NC[C@@H]4CCCO4)nc32)cc1. The number of nitrogens with zero attached hydrogens (tertiary/aromatic N) is 3. The van der Waals surface area contributed by atoms with Gasteiger partial charge < -0.3 is 10.1 Å². The molecule has 192 valence electrons. The van der Waals surface area contributed by atoms with Crippen molar-refractivity contribution in [2.75, 3.05) is 18.9 Å². The van der Waals surface area contributed by atoms with Crippen molar-refractivity contribution < 1.29 is 9.53 Å². The lowest BCUT2D eigenvalue weighted by atomic mass is 10.1. The molecule has 1 aliphatic heterocycles. The maximum atomic E-state index is 13.9. The van der Waals surface area contributed by atoms with E-state index in [2.05, 4.69) is 24.4 Å². The van der Waals surface area contributed by atoms with Crippen molar-refractivity contribution in [3.05, 3.63) is 74.0 Å². The van der Waals surface area contributed by atoms with Crippen molar-refractivity contribution in [3.63, 3.8) is 0 Å². The Balaban J connectivity index is 1.56. The molecule has 1 fully saturated rings. The lowest BCUT2D eigenvalue weighted by molar-refractivity contribution is -0.119. The molecule has 0 radical (unpaired) electrons. The number of para-hydroxylation sites is 1. The van der Waals surface area contributed by atoms with Crippen molar-refractivity contribution in [3.8, 4) is 11.4 Å². The van der Waals surface area contributed by atoms with Gasteiger partial charge in [-0.3, -0.25) is 18.7 Å². The van der Waals surface area contributed by atoms with Crippen LogP contribution in [0.1, 0.15) is 30.9 Å². The van der Waals surface area contributed by atoms with E-state index in [4.69, 9.17) is 21.9 Å². The molecule has 1 saturated heterocycles. The zero-order valence-corrected chi connectivity index (χ0v) is 23.2. The highest BCUT2D eigenvalue weighted by Crippen LogP contribution is 2.28. The van der Waals surface area contributed by atoms with Gasteiger partial charge in [-0.05, 0) is 67.7 Å². The molecule has 5 rings (SSSR count). The zero-order chi connectivity index (χ0) is 25.9. The summed E-state index contributed by atoms with van der Waals surface area (Å²) in [7, 11) is 0. The summed E-state index contributed by atoms with van der Waals surface area (Å²) in [5.74, 6) is 0.00979. The smallest absolute Gasteiger partial charge is 0.278 e. The van der Waals surface area contributed by atoms with Gasteiger partial charge in [-0.2, -0.15) is 0 Å². The molecule has 10 heteroatoms. The molecule has 3 heterocycles. The van der Waals surface area contributed by atoms with Crippen LogP contribution in [0.4, 0.5) is 0 Å². The van der Waals surface area contributed by atoms with Crippen LogP contribution >= 0.6 is 35.3 Å². The summed E-state index contributed by atoms with van der Waals surface area (Å²) in [6.45, 7) is 5.30. The van der Waals surface area contributed by atoms with Gasteiger partial charge in [-0.1, -0.05) is 60.4 Å². The Hall–Kier alpha value is -2.79. The third kappa shape index (κ3) is 5.43. The van der Waals surface area contributed by atoms with E-state index in [1.807, 2.05) is 47.9 Å². The van der Waals surface area contributed by atoms with Crippen LogP contribution in [0.3, 0.4) is 0 Å². The molecule has 0 bridgehead atoms. The Morgan fingerprint density at radius 2 is 2.00 bits per heavy atom. The first kappa shape index (κ1) is 25.8. The fourth-order valence-electron chi connectivity index (χ4n) is 4.38.